The van der Waals surface area contributed by atoms with Crippen molar-refractivity contribution in [2.75, 3.05) is 0 Å². The maximum atomic E-state index is 14.7. The molecule has 0 atom stereocenters. The van der Waals surface area contributed by atoms with Crippen molar-refractivity contribution in [3.05, 3.63) is 82.4 Å². The van der Waals surface area contributed by atoms with Crippen LogP contribution in [0.25, 0.3) is 10.8 Å². The highest BCUT2D eigenvalue weighted by Crippen LogP contribution is 2.37. The Kier molecular flexibility index (Phi) is 7.38. The molecule has 0 unspecified atom stereocenters. The number of hydrogen-bond acceptors (Lipinski definition) is 0. The lowest BCUT2D eigenvalue weighted by atomic mass is 9.78. The van der Waals surface area contributed by atoms with Crippen molar-refractivity contribution in [1.29, 1.82) is 0 Å². The van der Waals surface area contributed by atoms with Crippen LogP contribution in [0, 0.1) is 41.0 Å². The summed E-state index contributed by atoms with van der Waals surface area (Å²) in [6, 6.07) is 11.4. The van der Waals surface area contributed by atoms with E-state index in [2.05, 4.69) is 24.8 Å². The van der Waals surface area contributed by atoms with Gasteiger partial charge in [-0.3, -0.25) is 0 Å². The van der Waals surface area contributed by atoms with Gasteiger partial charge in [0.15, 0.2) is 17.5 Å². The van der Waals surface area contributed by atoms with Crippen LogP contribution in [-0.2, 0) is 6.42 Å². The molecule has 1 aliphatic rings. The number of unbranched alkanes of at least 4 members (excludes halogenated alkanes) is 2. The molecular formula is C29H28F4. The van der Waals surface area contributed by atoms with Crippen molar-refractivity contribution in [2.24, 2.45) is 5.92 Å². The Hall–Kier alpha value is -2.80. The number of hydrogen-bond donors (Lipinski definition) is 0. The van der Waals surface area contributed by atoms with Crippen molar-refractivity contribution in [3.8, 4) is 11.8 Å². The molecule has 0 heterocycles. The van der Waals surface area contributed by atoms with Crippen molar-refractivity contribution in [1.82, 2.24) is 0 Å². The molecule has 4 rings (SSSR count). The summed E-state index contributed by atoms with van der Waals surface area (Å²) in [4.78, 5) is 0. The molecule has 4 heteroatoms. The number of rotatable bonds is 5. The van der Waals surface area contributed by atoms with Crippen LogP contribution >= 0.6 is 0 Å². The highest BCUT2D eigenvalue weighted by atomic mass is 19.2. The quantitative estimate of drug-likeness (QED) is 0.158. The molecule has 0 spiro atoms. The van der Waals surface area contributed by atoms with Gasteiger partial charge < -0.3 is 0 Å². The van der Waals surface area contributed by atoms with Gasteiger partial charge in [0.2, 0.25) is 0 Å². The number of benzene rings is 3. The molecule has 0 radical (unpaired) electrons. The second-order valence-electron chi connectivity index (χ2n) is 9.05. The standard InChI is InChI=1S/C29H28F4/c1-2-3-4-5-20-10-14-24(26(30)17-20)22-12-8-19(9-13-22)6-7-21-11-15-25-23(16-21)18-27(31)29(33)28(25)32/h10-11,14-19,22H,2-5,8-9,12-13H2,1H3. The minimum Gasteiger partial charge on any atom is -0.207 e. The fourth-order valence-electron chi connectivity index (χ4n) is 4.75. The minimum absolute atomic E-state index is 0.0402. The van der Waals surface area contributed by atoms with E-state index in [0.717, 1.165) is 62.1 Å². The van der Waals surface area contributed by atoms with Gasteiger partial charge >= 0.3 is 0 Å². The van der Waals surface area contributed by atoms with E-state index in [-0.39, 0.29) is 28.4 Å². The van der Waals surface area contributed by atoms with E-state index >= 15 is 0 Å². The third-order valence-electron chi connectivity index (χ3n) is 6.69. The van der Waals surface area contributed by atoms with Crippen molar-refractivity contribution in [2.45, 2.75) is 64.2 Å². The summed E-state index contributed by atoms with van der Waals surface area (Å²) in [5, 5.41) is 0.328. The Morgan fingerprint density at radius 1 is 0.818 bits per heavy atom. The molecule has 0 aromatic heterocycles. The summed E-state index contributed by atoms with van der Waals surface area (Å²) in [6.07, 6.45) is 7.89. The molecule has 1 fully saturated rings. The van der Waals surface area contributed by atoms with Gasteiger partial charge in [-0.15, -0.1) is 0 Å². The zero-order chi connectivity index (χ0) is 23.4. The predicted octanol–water partition coefficient (Wildman–Crippen LogP) is 8.45. The Bertz CT molecular complexity index is 1190. The number of aryl methyl sites for hydroxylation is 1. The summed E-state index contributed by atoms with van der Waals surface area (Å²) in [6.45, 7) is 2.16. The Balaban J connectivity index is 1.39. The van der Waals surface area contributed by atoms with E-state index < -0.39 is 17.5 Å². The van der Waals surface area contributed by atoms with E-state index in [4.69, 9.17) is 0 Å². The number of fused-ring (bicyclic) bond motifs is 1. The fourth-order valence-corrected chi connectivity index (χ4v) is 4.75. The summed E-state index contributed by atoms with van der Waals surface area (Å²) in [5.41, 5.74) is 2.52. The third-order valence-corrected chi connectivity index (χ3v) is 6.69. The van der Waals surface area contributed by atoms with Crippen LogP contribution in [0.3, 0.4) is 0 Å². The molecule has 3 aromatic rings. The van der Waals surface area contributed by atoms with Gasteiger partial charge in [0.25, 0.3) is 0 Å². The van der Waals surface area contributed by atoms with E-state index in [1.54, 1.807) is 18.2 Å². The summed E-state index contributed by atoms with van der Waals surface area (Å²) in [5.74, 6) is 2.85. The normalized spacial score (nSPS) is 18.2. The summed E-state index contributed by atoms with van der Waals surface area (Å²) < 4.78 is 55.6. The van der Waals surface area contributed by atoms with Crippen LogP contribution in [0.1, 0.15) is 74.5 Å². The van der Waals surface area contributed by atoms with Gasteiger partial charge in [0.1, 0.15) is 5.82 Å². The van der Waals surface area contributed by atoms with Crippen LogP contribution < -0.4 is 0 Å². The lowest BCUT2D eigenvalue weighted by Crippen LogP contribution is -2.13. The topological polar surface area (TPSA) is 0 Å². The molecule has 0 bridgehead atoms. The third kappa shape index (κ3) is 5.41. The molecule has 0 amide bonds. The first kappa shape index (κ1) is 23.4. The van der Waals surface area contributed by atoms with Crippen molar-refractivity contribution in [3.63, 3.8) is 0 Å². The maximum absolute atomic E-state index is 14.7. The molecule has 1 aliphatic carbocycles. The van der Waals surface area contributed by atoms with E-state index in [1.807, 2.05) is 6.07 Å². The summed E-state index contributed by atoms with van der Waals surface area (Å²) in [7, 11) is 0. The van der Waals surface area contributed by atoms with Gasteiger partial charge in [-0.25, -0.2) is 17.6 Å². The monoisotopic (exact) mass is 452 g/mol. The smallest absolute Gasteiger partial charge is 0.195 e. The Labute approximate surface area is 193 Å². The molecule has 1 saturated carbocycles. The molecule has 0 nitrogen and oxygen atoms in total. The molecule has 33 heavy (non-hydrogen) atoms. The highest BCUT2D eigenvalue weighted by molar-refractivity contribution is 5.84. The highest BCUT2D eigenvalue weighted by Gasteiger charge is 2.23. The molecule has 172 valence electrons. The Morgan fingerprint density at radius 2 is 1.61 bits per heavy atom. The second kappa shape index (κ2) is 10.4. The second-order valence-corrected chi connectivity index (χ2v) is 9.05. The minimum atomic E-state index is -1.46. The van der Waals surface area contributed by atoms with Crippen molar-refractivity contribution >= 4 is 10.8 Å². The van der Waals surface area contributed by atoms with Gasteiger partial charge in [0, 0.05) is 16.9 Å². The van der Waals surface area contributed by atoms with Gasteiger partial charge in [-0.1, -0.05) is 49.8 Å². The molecule has 3 aromatic carbocycles. The zero-order valence-corrected chi connectivity index (χ0v) is 18.9. The first-order chi connectivity index (χ1) is 16.0. The van der Waals surface area contributed by atoms with Crippen molar-refractivity contribution < 1.29 is 17.6 Å². The van der Waals surface area contributed by atoms with E-state index in [1.165, 1.54) is 12.5 Å². The first-order valence-corrected chi connectivity index (χ1v) is 11.8. The first-order valence-electron chi connectivity index (χ1n) is 11.8. The van der Waals surface area contributed by atoms with Gasteiger partial charge in [0.05, 0.1) is 0 Å². The van der Waals surface area contributed by atoms with Crippen LogP contribution in [-0.4, -0.2) is 0 Å². The fraction of sp³-hybridized carbons (Fsp3) is 0.379. The lowest BCUT2D eigenvalue weighted by Gasteiger charge is -2.26. The van der Waals surface area contributed by atoms with Gasteiger partial charge in [-0.2, -0.15) is 0 Å². The van der Waals surface area contributed by atoms with Gasteiger partial charge in [-0.05, 0) is 85.2 Å². The van der Waals surface area contributed by atoms with E-state index in [0.29, 0.717) is 5.56 Å². The largest absolute Gasteiger partial charge is 0.207 e. The molecule has 0 N–H and O–H groups in total. The lowest BCUT2D eigenvalue weighted by molar-refractivity contribution is 0.376. The summed E-state index contributed by atoms with van der Waals surface area (Å²) >= 11 is 0. The molecular weight excluding hydrogens is 424 g/mol. The van der Waals surface area contributed by atoms with Crippen LogP contribution in [0.5, 0.6) is 0 Å². The predicted molar refractivity (Wildman–Crippen MR) is 125 cm³/mol. The molecule has 0 aliphatic heterocycles. The average Bonchev–Trinajstić information content (AvgIpc) is 2.82. The number of halogens is 4. The van der Waals surface area contributed by atoms with Crippen LogP contribution in [0.15, 0.2) is 42.5 Å². The average molecular weight is 453 g/mol. The van der Waals surface area contributed by atoms with E-state index in [9.17, 15) is 17.6 Å². The Morgan fingerprint density at radius 3 is 2.33 bits per heavy atom. The zero-order valence-electron chi connectivity index (χ0n) is 18.9. The van der Waals surface area contributed by atoms with Crippen LogP contribution in [0.4, 0.5) is 17.6 Å². The van der Waals surface area contributed by atoms with Crippen LogP contribution in [0.2, 0.25) is 0 Å². The SMILES string of the molecule is CCCCCc1ccc(C2CCC(C#Cc3ccc4c(F)c(F)c(F)cc4c3)CC2)c(F)c1. The maximum Gasteiger partial charge on any atom is 0.195 e. The molecule has 0 saturated heterocycles.